The van der Waals surface area contributed by atoms with Gasteiger partial charge in [-0.1, -0.05) is 13.0 Å². The van der Waals surface area contributed by atoms with Crippen LogP contribution in [0.5, 0.6) is 0 Å². The maximum atomic E-state index is 13.7. The van der Waals surface area contributed by atoms with Crippen LogP contribution in [0.2, 0.25) is 0 Å². The molecule has 0 amide bonds. The molecule has 112 valence electrons. The Bertz CT molecular complexity index is 455. The highest BCUT2D eigenvalue weighted by atomic mass is 19.4. The second-order valence-electron chi connectivity index (χ2n) is 4.90. The Hall–Kier alpha value is -1.14. The highest BCUT2D eigenvalue weighted by molar-refractivity contribution is 5.29. The average Bonchev–Trinajstić information content (AvgIpc) is 2.87. The van der Waals surface area contributed by atoms with Crippen LogP contribution in [-0.2, 0) is 10.9 Å². The largest absolute Gasteiger partial charge is 0.419 e. The van der Waals surface area contributed by atoms with Crippen LogP contribution in [-0.4, -0.2) is 19.8 Å². The molecule has 1 aromatic rings. The number of alkyl halides is 3. The molecule has 1 aliphatic heterocycles. The van der Waals surface area contributed by atoms with Gasteiger partial charge in [-0.05, 0) is 30.7 Å². The molecule has 0 radical (unpaired) electrons. The number of nitrogens with one attached hydrogen (secondary N) is 1. The number of hydrogen-bond acceptors (Lipinski definition) is 2. The van der Waals surface area contributed by atoms with Crippen LogP contribution in [0.1, 0.15) is 30.5 Å². The van der Waals surface area contributed by atoms with Crippen LogP contribution in [0.3, 0.4) is 0 Å². The Morgan fingerprint density at radius 3 is 2.65 bits per heavy atom. The Balaban J connectivity index is 2.27. The highest BCUT2D eigenvalue weighted by Gasteiger charge is 2.35. The van der Waals surface area contributed by atoms with E-state index in [4.69, 9.17) is 4.74 Å². The van der Waals surface area contributed by atoms with Gasteiger partial charge in [-0.2, -0.15) is 13.2 Å². The van der Waals surface area contributed by atoms with E-state index >= 15 is 0 Å². The van der Waals surface area contributed by atoms with Gasteiger partial charge >= 0.3 is 6.18 Å². The van der Waals surface area contributed by atoms with Crippen LogP contribution in [0.4, 0.5) is 17.6 Å². The van der Waals surface area contributed by atoms with Gasteiger partial charge in [-0.15, -0.1) is 0 Å². The third kappa shape index (κ3) is 3.30. The molecule has 20 heavy (non-hydrogen) atoms. The van der Waals surface area contributed by atoms with Gasteiger partial charge in [0.1, 0.15) is 5.82 Å². The Labute approximate surface area is 115 Å². The number of rotatable bonds is 4. The quantitative estimate of drug-likeness (QED) is 0.857. The normalized spacial score (nSPS) is 21.1. The summed E-state index contributed by atoms with van der Waals surface area (Å²) in [6.07, 6.45) is -3.84. The van der Waals surface area contributed by atoms with E-state index in [1.165, 1.54) is 6.07 Å². The van der Waals surface area contributed by atoms with E-state index in [0.29, 0.717) is 25.3 Å². The summed E-state index contributed by atoms with van der Waals surface area (Å²) in [5, 5.41) is 3.20. The molecular formula is C14H17F4NO. The van der Waals surface area contributed by atoms with Gasteiger partial charge in [0.05, 0.1) is 12.2 Å². The highest BCUT2D eigenvalue weighted by Crippen LogP contribution is 2.34. The summed E-state index contributed by atoms with van der Waals surface area (Å²) in [5.41, 5.74) is -0.688. The fraction of sp³-hybridized carbons (Fsp3) is 0.571. The first-order chi connectivity index (χ1) is 9.43. The first kappa shape index (κ1) is 15.3. The molecule has 2 rings (SSSR count). The Kier molecular flexibility index (Phi) is 4.65. The van der Waals surface area contributed by atoms with Crippen LogP contribution in [0.15, 0.2) is 18.2 Å². The molecule has 1 fully saturated rings. The van der Waals surface area contributed by atoms with Gasteiger partial charge in [0.2, 0.25) is 0 Å². The first-order valence-corrected chi connectivity index (χ1v) is 6.61. The number of halogens is 4. The van der Waals surface area contributed by atoms with Crippen LogP contribution < -0.4 is 5.32 Å². The van der Waals surface area contributed by atoms with Crippen molar-refractivity contribution in [2.24, 2.45) is 5.92 Å². The molecule has 1 saturated heterocycles. The zero-order valence-corrected chi connectivity index (χ0v) is 11.1. The van der Waals surface area contributed by atoms with Gasteiger partial charge in [0, 0.05) is 18.6 Å². The van der Waals surface area contributed by atoms with Crippen LogP contribution in [0.25, 0.3) is 0 Å². The van der Waals surface area contributed by atoms with E-state index in [1.54, 1.807) is 0 Å². The molecule has 6 heteroatoms. The van der Waals surface area contributed by atoms with Gasteiger partial charge in [0.25, 0.3) is 0 Å². The molecule has 0 aliphatic carbocycles. The van der Waals surface area contributed by atoms with Gasteiger partial charge in [0.15, 0.2) is 0 Å². The minimum absolute atomic E-state index is 0.158. The van der Waals surface area contributed by atoms with E-state index in [-0.39, 0.29) is 12.0 Å². The van der Waals surface area contributed by atoms with Crippen molar-refractivity contribution in [1.82, 2.24) is 5.32 Å². The van der Waals surface area contributed by atoms with Crippen molar-refractivity contribution < 1.29 is 22.3 Å². The molecule has 0 bridgehead atoms. The number of benzene rings is 1. The van der Waals surface area contributed by atoms with E-state index in [0.717, 1.165) is 18.6 Å². The maximum Gasteiger partial charge on any atom is 0.419 e. The van der Waals surface area contributed by atoms with Crippen LogP contribution in [0, 0.1) is 11.7 Å². The topological polar surface area (TPSA) is 21.3 Å². The van der Waals surface area contributed by atoms with Crippen molar-refractivity contribution in [3.05, 3.63) is 35.1 Å². The van der Waals surface area contributed by atoms with Gasteiger partial charge < -0.3 is 10.1 Å². The fourth-order valence-electron chi connectivity index (χ4n) is 2.55. The summed E-state index contributed by atoms with van der Waals surface area (Å²) < 4.78 is 56.6. The number of hydrogen-bond donors (Lipinski definition) is 1. The lowest BCUT2D eigenvalue weighted by Gasteiger charge is -2.24. The molecule has 1 heterocycles. The van der Waals surface area contributed by atoms with E-state index < -0.39 is 17.6 Å². The SMILES string of the molecule is CCNC(c1ccc(C(F)(F)F)c(F)c1)C1CCOC1. The minimum atomic E-state index is -4.66. The first-order valence-electron chi connectivity index (χ1n) is 6.61. The summed E-state index contributed by atoms with van der Waals surface area (Å²) in [5.74, 6) is -1.07. The van der Waals surface area contributed by atoms with Crippen molar-refractivity contribution in [2.45, 2.75) is 25.6 Å². The molecule has 1 aliphatic rings. The van der Waals surface area contributed by atoms with Crippen LogP contribution >= 0.6 is 0 Å². The lowest BCUT2D eigenvalue weighted by molar-refractivity contribution is -0.140. The Morgan fingerprint density at radius 2 is 2.15 bits per heavy atom. The number of ether oxygens (including phenoxy) is 1. The Morgan fingerprint density at radius 1 is 1.40 bits per heavy atom. The smallest absolute Gasteiger partial charge is 0.381 e. The van der Waals surface area contributed by atoms with E-state index in [1.807, 2.05) is 6.92 Å². The predicted octanol–water partition coefficient (Wildman–Crippen LogP) is 3.53. The van der Waals surface area contributed by atoms with Gasteiger partial charge in [-0.25, -0.2) is 4.39 Å². The molecule has 2 unspecified atom stereocenters. The summed E-state index contributed by atoms with van der Waals surface area (Å²) >= 11 is 0. The molecule has 1 N–H and O–H groups in total. The standard InChI is InChI=1S/C14H17F4NO/c1-2-19-13(10-5-6-20-8-10)9-3-4-11(12(15)7-9)14(16,17)18/h3-4,7,10,13,19H,2,5-6,8H2,1H3. The maximum absolute atomic E-state index is 13.7. The lowest BCUT2D eigenvalue weighted by atomic mass is 9.91. The summed E-state index contributed by atoms with van der Waals surface area (Å²) in [6, 6.07) is 2.95. The summed E-state index contributed by atoms with van der Waals surface area (Å²) in [7, 11) is 0. The molecule has 2 nitrogen and oxygen atoms in total. The zero-order valence-electron chi connectivity index (χ0n) is 11.1. The lowest BCUT2D eigenvalue weighted by Crippen LogP contribution is -2.28. The van der Waals surface area contributed by atoms with Crippen molar-refractivity contribution >= 4 is 0 Å². The molecule has 2 atom stereocenters. The van der Waals surface area contributed by atoms with Crippen molar-refractivity contribution in [3.63, 3.8) is 0 Å². The molecule has 0 saturated carbocycles. The summed E-state index contributed by atoms with van der Waals surface area (Å²) in [4.78, 5) is 0. The van der Waals surface area contributed by atoms with E-state index in [9.17, 15) is 17.6 Å². The van der Waals surface area contributed by atoms with Gasteiger partial charge in [-0.3, -0.25) is 0 Å². The third-order valence-electron chi connectivity index (χ3n) is 3.52. The molecular weight excluding hydrogens is 274 g/mol. The van der Waals surface area contributed by atoms with Crippen molar-refractivity contribution in [1.29, 1.82) is 0 Å². The monoisotopic (exact) mass is 291 g/mol. The summed E-state index contributed by atoms with van der Waals surface area (Å²) in [6.45, 7) is 3.74. The second kappa shape index (κ2) is 6.10. The predicted molar refractivity (Wildman–Crippen MR) is 66.7 cm³/mol. The molecule has 0 spiro atoms. The fourth-order valence-corrected chi connectivity index (χ4v) is 2.55. The molecule has 1 aromatic carbocycles. The third-order valence-corrected chi connectivity index (χ3v) is 3.52. The second-order valence-corrected chi connectivity index (χ2v) is 4.90. The minimum Gasteiger partial charge on any atom is -0.381 e. The zero-order chi connectivity index (χ0) is 14.8. The van der Waals surface area contributed by atoms with Crippen molar-refractivity contribution in [2.75, 3.05) is 19.8 Å². The van der Waals surface area contributed by atoms with E-state index in [2.05, 4.69) is 5.32 Å². The van der Waals surface area contributed by atoms with Crippen molar-refractivity contribution in [3.8, 4) is 0 Å². The molecule has 0 aromatic heterocycles. The average molecular weight is 291 g/mol.